The Labute approximate surface area is 149 Å². The maximum absolute atomic E-state index is 12.7. The van der Waals surface area contributed by atoms with Gasteiger partial charge in [-0.3, -0.25) is 9.78 Å². The lowest BCUT2D eigenvalue weighted by atomic mass is 10.1. The average molecular weight is 336 g/mol. The van der Waals surface area contributed by atoms with E-state index >= 15 is 0 Å². The van der Waals surface area contributed by atoms with Crippen molar-refractivity contribution >= 4 is 17.3 Å². The largest absolute Gasteiger partial charge is 0.380 e. The first kappa shape index (κ1) is 17.0. The van der Waals surface area contributed by atoms with Crippen molar-refractivity contribution in [3.63, 3.8) is 0 Å². The molecule has 0 unspecified atom stereocenters. The minimum Gasteiger partial charge on any atom is -0.380 e. The molecule has 0 bridgehead atoms. The van der Waals surface area contributed by atoms with Gasteiger partial charge in [0.25, 0.3) is 5.91 Å². The molecule has 5 heteroatoms. The number of amides is 1. The first-order valence-corrected chi connectivity index (χ1v) is 8.58. The number of nitrogens with one attached hydrogen (secondary N) is 1. The maximum atomic E-state index is 12.7. The minimum absolute atomic E-state index is 0.0404. The normalized spacial score (nSPS) is 14.3. The molecule has 0 spiro atoms. The second kappa shape index (κ2) is 7.83. The summed E-state index contributed by atoms with van der Waals surface area (Å²) in [6, 6.07) is 10.4. The molecule has 0 aliphatic carbocycles. The van der Waals surface area contributed by atoms with Crippen LogP contribution in [0.15, 0.2) is 55.4 Å². The van der Waals surface area contributed by atoms with Crippen LogP contribution >= 0.6 is 0 Å². The molecule has 1 fully saturated rings. The first-order chi connectivity index (χ1) is 12.2. The van der Waals surface area contributed by atoms with Gasteiger partial charge in [-0.2, -0.15) is 0 Å². The Morgan fingerprint density at radius 1 is 1.24 bits per heavy atom. The van der Waals surface area contributed by atoms with Crippen LogP contribution in [-0.2, 0) is 0 Å². The van der Waals surface area contributed by atoms with Gasteiger partial charge in [-0.15, -0.1) is 6.58 Å². The quantitative estimate of drug-likeness (QED) is 0.853. The van der Waals surface area contributed by atoms with Crippen molar-refractivity contribution in [2.45, 2.75) is 6.92 Å². The summed E-state index contributed by atoms with van der Waals surface area (Å²) in [4.78, 5) is 21.1. The summed E-state index contributed by atoms with van der Waals surface area (Å²) in [6.45, 7) is 9.56. The number of benzene rings is 1. The number of rotatable bonds is 5. The maximum Gasteiger partial charge on any atom is 0.255 e. The summed E-state index contributed by atoms with van der Waals surface area (Å²) in [7, 11) is 0. The fraction of sp³-hybridized carbons (Fsp3) is 0.300. The zero-order valence-corrected chi connectivity index (χ0v) is 14.6. The number of aryl methyl sites for hydroxylation is 1. The van der Waals surface area contributed by atoms with Gasteiger partial charge in [-0.25, -0.2) is 0 Å². The van der Waals surface area contributed by atoms with Crippen molar-refractivity contribution < 1.29 is 4.79 Å². The van der Waals surface area contributed by atoms with E-state index in [1.165, 1.54) is 11.3 Å². The Kier molecular flexibility index (Phi) is 5.33. The minimum atomic E-state index is 0.0404. The molecule has 2 aromatic rings. The van der Waals surface area contributed by atoms with Gasteiger partial charge >= 0.3 is 0 Å². The first-order valence-electron chi connectivity index (χ1n) is 8.58. The SMILES string of the molecule is C=CCNc1cncc(C(=O)N2CCN(c3cccc(C)c3)CC2)c1. The zero-order valence-electron chi connectivity index (χ0n) is 14.6. The van der Waals surface area contributed by atoms with E-state index in [0.29, 0.717) is 12.1 Å². The monoisotopic (exact) mass is 336 g/mol. The lowest BCUT2D eigenvalue weighted by molar-refractivity contribution is 0.0746. The summed E-state index contributed by atoms with van der Waals surface area (Å²) in [6.07, 6.45) is 5.13. The number of hydrogen-bond donors (Lipinski definition) is 1. The molecule has 0 atom stereocenters. The molecular weight excluding hydrogens is 312 g/mol. The summed E-state index contributed by atoms with van der Waals surface area (Å²) < 4.78 is 0. The number of aromatic nitrogens is 1. The molecule has 5 nitrogen and oxygen atoms in total. The second-order valence-electron chi connectivity index (χ2n) is 6.25. The molecule has 130 valence electrons. The van der Waals surface area contributed by atoms with Gasteiger partial charge in [0.05, 0.1) is 11.3 Å². The Balaban J connectivity index is 1.62. The van der Waals surface area contributed by atoms with E-state index < -0.39 is 0 Å². The molecule has 3 rings (SSSR count). The number of carbonyl (C=O) groups excluding carboxylic acids is 1. The van der Waals surface area contributed by atoms with Crippen molar-refractivity contribution in [1.82, 2.24) is 9.88 Å². The lowest BCUT2D eigenvalue weighted by Gasteiger charge is -2.36. The van der Waals surface area contributed by atoms with Gasteiger partial charge in [-0.1, -0.05) is 18.2 Å². The molecular formula is C20H24N4O. The smallest absolute Gasteiger partial charge is 0.255 e. The van der Waals surface area contributed by atoms with E-state index in [1.54, 1.807) is 18.5 Å². The number of pyridine rings is 1. The highest BCUT2D eigenvalue weighted by Crippen LogP contribution is 2.19. The van der Waals surface area contributed by atoms with Crippen LogP contribution in [0.4, 0.5) is 11.4 Å². The Hall–Kier alpha value is -2.82. The van der Waals surface area contributed by atoms with Gasteiger partial charge in [0.15, 0.2) is 0 Å². The molecule has 0 saturated carbocycles. The molecule has 1 aromatic heterocycles. The number of hydrogen-bond acceptors (Lipinski definition) is 4. The molecule has 1 aromatic carbocycles. The Morgan fingerprint density at radius 2 is 2.04 bits per heavy atom. The highest BCUT2D eigenvalue weighted by Gasteiger charge is 2.22. The van der Waals surface area contributed by atoms with Gasteiger partial charge in [0.1, 0.15) is 0 Å². The molecule has 2 heterocycles. The van der Waals surface area contributed by atoms with Crippen molar-refractivity contribution in [3.8, 4) is 0 Å². The average Bonchev–Trinajstić information content (AvgIpc) is 2.66. The Bertz CT molecular complexity index is 751. The van der Waals surface area contributed by atoms with Gasteiger partial charge in [0, 0.05) is 50.8 Å². The number of piperazine rings is 1. The molecule has 1 aliphatic rings. The van der Waals surface area contributed by atoms with Crippen LogP contribution in [0.3, 0.4) is 0 Å². The van der Waals surface area contributed by atoms with Crippen molar-refractivity contribution in [2.24, 2.45) is 0 Å². The van der Waals surface area contributed by atoms with Crippen molar-refractivity contribution in [2.75, 3.05) is 42.9 Å². The van der Waals surface area contributed by atoms with Crippen LogP contribution in [0, 0.1) is 6.92 Å². The molecule has 1 aliphatic heterocycles. The predicted octanol–water partition coefficient (Wildman–Crippen LogP) is 2.95. The van der Waals surface area contributed by atoms with E-state index in [1.807, 2.05) is 11.0 Å². The number of anilines is 2. The summed E-state index contributed by atoms with van der Waals surface area (Å²) >= 11 is 0. The summed E-state index contributed by atoms with van der Waals surface area (Å²) in [5, 5.41) is 3.17. The van der Waals surface area contributed by atoms with E-state index in [-0.39, 0.29) is 5.91 Å². The highest BCUT2D eigenvalue weighted by atomic mass is 16.2. The third kappa shape index (κ3) is 4.18. The van der Waals surface area contributed by atoms with E-state index in [2.05, 4.69) is 53.0 Å². The summed E-state index contributed by atoms with van der Waals surface area (Å²) in [5.74, 6) is 0.0404. The Morgan fingerprint density at radius 3 is 2.76 bits per heavy atom. The van der Waals surface area contributed by atoms with Crippen LogP contribution in [0.1, 0.15) is 15.9 Å². The molecule has 1 saturated heterocycles. The molecule has 25 heavy (non-hydrogen) atoms. The van der Waals surface area contributed by atoms with Crippen molar-refractivity contribution in [1.29, 1.82) is 0 Å². The highest BCUT2D eigenvalue weighted by molar-refractivity contribution is 5.95. The van der Waals surface area contributed by atoms with Gasteiger partial charge < -0.3 is 15.1 Å². The van der Waals surface area contributed by atoms with Gasteiger partial charge in [0.2, 0.25) is 0 Å². The van der Waals surface area contributed by atoms with Crippen LogP contribution in [-0.4, -0.2) is 48.5 Å². The fourth-order valence-corrected chi connectivity index (χ4v) is 3.02. The summed E-state index contributed by atoms with van der Waals surface area (Å²) in [5.41, 5.74) is 3.94. The van der Waals surface area contributed by atoms with Gasteiger partial charge in [-0.05, 0) is 30.7 Å². The second-order valence-corrected chi connectivity index (χ2v) is 6.25. The zero-order chi connectivity index (χ0) is 17.6. The van der Waals surface area contributed by atoms with Crippen LogP contribution in [0.5, 0.6) is 0 Å². The lowest BCUT2D eigenvalue weighted by Crippen LogP contribution is -2.48. The fourth-order valence-electron chi connectivity index (χ4n) is 3.02. The molecule has 0 radical (unpaired) electrons. The van der Waals surface area contributed by atoms with E-state index in [4.69, 9.17) is 0 Å². The van der Waals surface area contributed by atoms with Crippen LogP contribution in [0.25, 0.3) is 0 Å². The van der Waals surface area contributed by atoms with E-state index in [0.717, 1.165) is 31.9 Å². The topological polar surface area (TPSA) is 48.5 Å². The van der Waals surface area contributed by atoms with Crippen LogP contribution in [0.2, 0.25) is 0 Å². The third-order valence-electron chi connectivity index (χ3n) is 4.37. The third-order valence-corrected chi connectivity index (χ3v) is 4.37. The molecule has 1 N–H and O–H groups in total. The van der Waals surface area contributed by atoms with Crippen LogP contribution < -0.4 is 10.2 Å². The predicted molar refractivity (Wildman–Crippen MR) is 102 cm³/mol. The molecule has 1 amide bonds. The standard InChI is InChI=1S/C20H24N4O/c1-3-7-22-18-13-17(14-21-15-18)20(25)24-10-8-23(9-11-24)19-6-4-5-16(2)12-19/h3-6,12-15,22H,1,7-11H2,2H3. The number of carbonyl (C=O) groups is 1. The van der Waals surface area contributed by atoms with Crippen molar-refractivity contribution in [3.05, 3.63) is 66.5 Å². The number of nitrogens with zero attached hydrogens (tertiary/aromatic N) is 3. The van der Waals surface area contributed by atoms with E-state index in [9.17, 15) is 4.79 Å².